The summed E-state index contributed by atoms with van der Waals surface area (Å²) >= 11 is 0. The second-order valence-corrected chi connectivity index (χ2v) is 7.61. The summed E-state index contributed by atoms with van der Waals surface area (Å²) in [5, 5.41) is 9.59. The van der Waals surface area contributed by atoms with Crippen molar-refractivity contribution in [2.75, 3.05) is 0 Å². The summed E-state index contributed by atoms with van der Waals surface area (Å²) in [6.45, 7) is 4.04. The minimum atomic E-state index is 0.738. The lowest BCUT2D eigenvalue weighted by atomic mass is 10.0. The van der Waals surface area contributed by atoms with Crippen molar-refractivity contribution in [1.29, 1.82) is 0 Å². The lowest BCUT2D eigenvalue weighted by molar-refractivity contribution is 1.05. The predicted molar refractivity (Wildman–Crippen MR) is 119 cm³/mol. The molecule has 6 aromatic heterocycles. The Hall–Kier alpha value is -4.33. The molecule has 6 rings (SSSR count). The molecule has 0 saturated carbocycles. The van der Waals surface area contributed by atoms with Gasteiger partial charge in [-0.2, -0.15) is 5.10 Å². The van der Waals surface area contributed by atoms with Gasteiger partial charge < -0.3 is 9.55 Å². The van der Waals surface area contributed by atoms with E-state index in [2.05, 4.69) is 54.2 Å². The number of aryl methyl sites for hydroxylation is 2. The van der Waals surface area contributed by atoms with Gasteiger partial charge in [0.15, 0.2) is 5.65 Å². The Balaban J connectivity index is 1.52. The maximum absolute atomic E-state index is 4.58. The van der Waals surface area contributed by atoms with Crippen molar-refractivity contribution < 1.29 is 0 Å². The summed E-state index contributed by atoms with van der Waals surface area (Å²) in [7, 11) is 0. The fourth-order valence-corrected chi connectivity index (χ4v) is 3.94. The number of H-pyrrole nitrogens is 2. The molecule has 0 radical (unpaired) electrons. The summed E-state index contributed by atoms with van der Waals surface area (Å²) in [6.07, 6.45) is 13.0. The van der Waals surface area contributed by atoms with Crippen molar-refractivity contribution in [1.82, 2.24) is 39.7 Å². The van der Waals surface area contributed by atoms with Crippen LogP contribution in [0.4, 0.5) is 0 Å². The van der Waals surface area contributed by atoms with E-state index in [1.807, 2.05) is 48.5 Å². The smallest absolute Gasteiger partial charge is 0.155 e. The molecule has 150 valence electrons. The fourth-order valence-electron chi connectivity index (χ4n) is 3.94. The zero-order valence-corrected chi connectivity index (χ0v) is 17.0. The molecule has 0 aliphatic rings. The van der Waals surface area contributed by atoms with E-state index >= 15 is 0 Å². The first-order valence-corrected chi connectivity index (χ1v) is 9.90. The van der Waals surface area contributed by atoms with Crippen molar-refractivity contribution in [3.8, 4) is 28.2 Å². The van der Waals surface area contributed by atoms with E-state index in [0.29, 0.717) is 0 Å². The molecule has 8 heteroatoms. The molecule has 0 bridgehead atoms. The van der Waals surface area contributed by atoms with Crippen LogP contribution in [0.25, 0.3) is 50.1 Å². The summed E-state index contributed by atoms with van der Waals surface area (Å²) < 4.78 is 1.98. The van der Waals surface area contributed by atoms with Crippen LogP contribution < -0.4 is 0 Å². The Morgan fingerprint density at radius 1 is 0.935 bits per heavy atom. The number of pyridine rings is 3. The Labute approximate surface area is 177 Å². The van der Waals surface area contributed by atoms with Gasteiger partial charge in [-0.15, -0.1) is 0 Å². The van der Waals surface area contributed by atoms with E-state index in [4.69, 9.17) is 0 Å². The second kappa shape index (κ2) is 6.60. The van der Waals surface area contributed by atoms with Crippen molar-refractivity contribution in [2.24, 2.45) is 0 Å². The van der Waals surface area contributed by atoms with Gasteiger partial charge in [-0.05, 0) is 37.6 Å². The quantitative estimate of drug-likeness (QED) is 0.455. The zero-order valence-electron chi connectivity index (χ0n) is 17.0. The summed E-state index contributed by atoms with van der Waals surface area (Å²) in [4.78, 5) is 21.0. The summed E-state index contributed by atoms with van der Waals surface area (Å²) in [5.41, 5.74) is 8.52. The number of rotatable bonds is 3. The number of fused-ring (bicyclic) bond motifs is 2. The third-order valence-corrected chi connectivity index (χ3v) is 5.54. The van der Waals surface area contributed by atoms with Gasteiger partial charge in [-0.3, -0.25) is 15.1 Å². The average molecular weight is 406 g/mol. The normalized spacial score (nSPS) is 11.5. The molecule has 0 aromatic carbocycles. The maximum atomic E-state index is 4.58. The third-order valence-electron chi connectivity index (χ3n) is 5.54. The molecule has 0 unspecified atom stereocenters. The number of hydrogen-bond donors (Lipinski definition) is 2. The zero-order chi connectivity index (χ0) is 20.9. The molecular weight excluding hydrogens is 388 g/mol. The van der Waals surface area contributed by atoms with E-state index in [0.717, 1.165) is 61.4 Å². The van der Waals surface area contributed by atoms with Crippen LogP contribution in [0.5, 0.6) is 0 Å². The largest absolute Gasteiger partial charge is 0.352 e. The third kappa shape index (κ3) is 2.80. The van der Waals surface area contributed by atoms with E-state index < -0.39 is 0 Å². The molecule has 0 spiro atoms. The molecule has 0 aliphatic carbocycles. The van der Waals surface area contributed by atoms with Crippen LogP contribution in [-0.4, -0.2) is 39.7 Å². The van der Waals surface area contributed by atoms with Gasteiger partial charge in [0.2, 0.25) is 0 Å². The Kier molecular flexibility index (Phi) is 3.73. The highest BCUT2D eigenvalue weighted by Gasteiger charge is 2.15. The van der Waals surface area contributed by atoms with Crippen molar-refractivity contribution in [3.05, 3.63) is 73.0 Å². The SMILES string of the molecule is Cc1cn(-c2cncc3[nH]c(-c4n[nH]c5ncc(-c6cnccc6C)cc45)cc23)cn1. The van der Waals surface area contributed by atoms with E-state index in [9.17, 15) is 0 Å². The highest BCUT2D eigenvalue weighted by molar-refractivity contribution is 5.97. The topological polar surface area (TPSA) is 101 Å². The van der Waals surface area contributed by atoms with Gasteiger partial charge in [0.1, 0.15) is 5.69 Å². The molecule has 0 saturated heterocycles. The maximum Gasteiger partial charge on any atom is 0.155 e. The van der Waals surface area contributed by atoms with Gasteiger partial charge in [0.25, 0.3) is 0 Å². The number of imidazole rings is 1. The van der Waals surface area contributed by atoms with E-state index in [1.54, 1.807) is 12.5 Å². The monoisotopic (exact) mass is 406 g/mol. The first-order valence-electron chi connectivity index (χ1n) is 9.90. The highest BCUT2D eigenvalue weighted by Crippen LogP contribution is 2.32. The van der Waals surface area contributed by atoms with Crippen molar-refractivity contribution in [2.45, 2.75) is 13.8 Å². The number of aromatic amines is 2. The number of nitrogens with one attached hydrogen (secondary N) is 2. The highest BCUT2D eigenvalue weighted by atomic mass is 15.2. The summed E-state index contributed by atoms with van der Waals surface area (Å²) in [5.74, 6) is 0. The Morgan fingerprint density at radius 2 is 1.87 bits per heavy atom. The van der Waals surface area contributed by atoms with Gasteiger partial charge in [0.05, 0.1) is 41.3 Å². The molecule has 0 aliphatic heterocycles. The van der Waals surface area contributed by atoms with Crippen LogP contribution in [0, 0.1) is 13.8 Å². The van der Waals surface area contributed by atoms with E-state index in [1.165, 1.54) is 0 Å². The molecule has 2 N–H and O–H groups in total. The van der Waals surface area contributed by atoms with Crippen LogP contribution in [0.3, 0.4) is 0 Å². The van der Waals surface area contributed by atoms with Crippen molar-refractivity contribution >= 4 is 21.9 Å². The summed E-state index contributed by atoms with van der Waals surface area (Å²) in [6, 6.07) is 6.20. The molecule has 8 nitrogen and oxygen atoms in total. The molecule has 6 heterocycles. The van der Waals surface area contributed by atoms with Gasteiger partial charge in [-0.25, -0.2) is 9.97 Å². The van der Waals surface area contributed by atoms with Gasteiger partial charge in [-0.1, -0.05) is 0 Å². The molecule has 0 amide bonds. The predicted octanol–water partition coefficient (Wildman–Crippen LogP) is 4.37. The standard InChI is InChI=1S/C23H18N8/c1-13-3-4-24-8-18(13)15-5-17-22(29-30-23(17)26-7-15)19-6-16-20(28-19)9-25-10-21(16)31-11-14(2)27-12-31/h3-12,28H,1-2H3,(H,26,29,30). The molecule has 0 atom stereocenters. The number of nitrogens with zero attached hydrogens (tertiary/aromatic N) is 6. The molecular formula is C23H18N8. The van der Waals surface area contributed by atoms with E-state index in [-0.39, 0.29) is 0 Å². The fraction of sp³-hybridized carbons (Fsp3) is 0.0870. The van der Waals surface area contributed by atoms with Crippen LogP contribution in [-0.2, 0) is 0 Å². The van der Waals surface area contributed by atoms with Crippen LogP contribution >= 0.6 is 0 Å². The lowest BCUT2D eigenvalue weighted by Gasteiger charge is -2.04. The van der Waals surface area contributed by atoms with Crippen molar-refractivity contribution in [3.63, 3.8) is 0 Å². The second-order valence-electron chi connectivity index (χ2n) is 7.61. The first-order chi connectivity index (χ1) is 15.2. The number of hydrogen-bond acceptors (Lipinski definition) is 5. The van der Waals surface area contributed by atoms with Crippen LogP contribution in [0.15, 0.2) is 61.7 Å². The molecule has 6 aromatic rings. The van der Waals surface area contributed by atoms with Crippen LogP contribution in [0.2, 0.25) is 0 Å². The van der Waals surface area contributed by atoms with Gasteiger partial charge in [0, 0.05) is 46.7 Å². The average Bonchev–Trinajstić information content (AvgIpc) is 3.50. The Morgan fingerprint density at radius 3 is 2.71 bits per heavy atom. The molecule has 31 heavy (non-hydrogen) atoms. The first kappa shape index (κ1) is 17.5. The lowest BCUT2D eigenvalue weighted by Crippen LogP contribution is -1.91. The Bertz CT molecular complexity index is 1570. The van der Waals surface area contributed by atoms with Gasteiger partial charge >= 0.3 is 0 Å². The number of aromatic nitrogens is 8. The molecule has 0 fully saturated rings. The minimum Gasteiger partial charge on any atom is -0.352 e. The van der Waals surface area contributed by atoms with Crippen LogP contribution in [0.1, 0.15) is 11.3 Å². The minimum absolute atomic E-state index is 0.738.